The summed E-state index contributed by atoms with van der Waals surface area (Å²) in [7, 11) is 0. The van der Waals surface area contributed by atoms with Gasteiger partial charge >= 0.3 is 0 Å². The molecule has 31 heavy (non-hydrogen) atoms. The zero-order valence-electron chi connectivity index (χ0n) is 16.7. The van der Waals surface area contributed by atoms with Gasteiger partial charge in [0, 0.05) is 46.1 Å². The number of nitrogens with one attached hydrogen (secondary N) is 2. The lowest BCUT2D eigenvalue weighted by atomic mass is 10.0. The van der Waals surface area contributed by atoms with Crippen molar-refractivity contribution in [1.29, 1.82) is 0 Å². The van der Waals surface area contributed by atoms with Crippen LogP contribution < -0.4 is 10.9 Å². The molecular formula is C22H19ClN6O2. The van der Waals surface area contributed by atoms with Crippen LogP contribution in [0.15, 0.2) is 47.7 Å². The van der Waals surface area contributed by atoms with Crippen molar-refractivity contribution in [2.45, 2.75) is 19.4 Å². The quantitative estimate of drug-likeness (QED) is 0.505. The molecule has 4 heterocycles. The zero-order valence-corrected chi connectivity index (χ0v) is 17.5. The Labute approximate surface area is 182 Å². The topological polar surface area (TPSA) is 106 Å². The monoisotopic (exact) mass is 434 g/mol. The predicted octanol–water partition coefficient (Wildman–Crippen LogP) is 3.60. The number of rotatable bonds is 4. The van der Waals surface area contributed by atoms with Crippen LogP contribution >= 0.6 is 11.6 Å². The highest BCUT2D eigenvalue weighted by Crippen LogP contribution is 2.31. The summed E-state index contributed by atoms with van der Waals surface area (Å²) in [5.41, 5.74) is 3.64. The summed E-state index contributed by atoms with van der Waals surface area (Å²) in [6.45, 7) is 3.23. The van der Waals surface area contributed by atoms with Gasteiger partial charge in [-0.05, 0) is 25.5 Å². The molecular weight excluding hydrogens is 416 g/mol. The summed E-state index contributed by atoms with van der Waals surface area (Å²) in [5, 5.41) is 4.40. The summed E-state index contributed by atoms with van der Waals surface area (Å²) >= 11 is 6.54. The Balaban J connectivity index is 1.49. The molecule has 0 saturated carbocycles. The van der Waals surface area contributed by atoms with Gasteiger partial charge in [-0.25, -0.2) is 9.97 Å². The van der Waals surface area contributed by atoms with Gasteiger partial charge in [0.1, 0.15) is 5.65 Å². The van der Waals surface area contributed by atoms with Gasteiger partial charge in [-0.2, -0.15) is 4.98 Å². The number of pyridine rings is 1. The Morgan fingerprint density at radius 1 is 1.16 bits per heavy atom. The lowest BCUT2D eigenvalue weighted by Gasteiger charge is -2.11. The smallest absolute Gasteiger partial charge is 0.257 e. The Hall–Kier alpha value is -3.36. The van der Waals surface area contributed by atoms with Crippen LogP contribution in [-0.2, 0) is 4.74 Å². The number of halogens is 1. The van der Waals surface area contributed by atoms with Gasteiger partial charge in [0.2, 0.25) is 5.95 Å². The molecule has 0 amide bonds. The molecule has 156 valence electrons. The molecule has 5 rings (SSSR count). The third kappa shape index (κ3) is 3.99. The van der Waals surface area contributed by atoms with Crippen LogP contribution in [-0.4, -0.2) is 44.2 Å². The SMILES string of the molecule is Cc1cncc(-c2ccc(-c3cc4cnc(NC5CCOC5)nc4[nH]c3=O)c(Cl)c2)n1. The van der Waals surface area contributed by atoms with Gasteiger partial charge < -0.3 is 15.0 Å². The van der Waals surface area contributed by atoms with Gasteiger partial charge in [0.15, 0.2) is 0 Å². The largest absolute Gasteiger partial charge is 0.379 e. The van der Waals surface area contributed by atoms with E-state index in [-0.39, 0.29) is 11.6 Å². The Morgan fingerprint density at radius 3 is 2.84 bits per heavy atom. The molecule has 9 heteroatoms. The molecule has 0 spiro atoms. The summed E-state index contributed by atoms with van der Waals surface area (Å²) in [5.74, 6) is 0.466. The summed E-state index contributed by atoms with van der Waals surface area (Å²) in [6.07, 6.45) is 5.96. The first-order chi connectivity index (χ1) is 15.1. The Kier molecular flexibility index (Phi) is 5.09. The lowest BCUT2D eigenvalue weighted by molar-refractivity contribution is 0.195. The first-order valence-corrected chi connectivity index (χ1v) is 10.3. The molecule has 8 nitrogen and oxygen atoms in total. The Bertz CT molecular complexity index is 1330. The van der Waals surface area contributed by atoms with Crippen LogP contribution in [0, 0.1) is 6.92 Å². The van der Waals surface area contributed by atoms with E-state index in [1.165, 1.54) is 0 Å². The Morgan fingerprint density at radius 2 is 2.06 bits per heavy atom. The summed E-state index contributed by atoms with van der Waals surface area (Å²) in [4.78, 5) is 33.1. The van der Waals surface area contributed by atoms with E-state index in [2.05, 4.69) is 30.2 Å². The number of anilines is 1. The van der Waals surface area contributed by atoms with Crippen molar-refractivity contribution in [3.63, 3.8) is 0 Å². The van der Waals surface area contributed by atoms with E-state index < -0.39 is 0 Å². The fourth-order valence-corrected chi connectivity index (χ4v) is 3.87. The maximum absolute atomic E-state index is 12.8. The third-order valence-electron chi connectivity index (χ3n) is 5.17. The van der Waals surface area contributed by atoms with E-state index >= 15 is 0 Å². The third-order valence-corrected chi connectivity index (χ3v) is 5.48. The number of hydrogen-bond acceptors (Lipinski definition) is 7. The summed E-state index contributed by atoms with van der Waals surface area (Å²) < 4.78 is 5.36. The van der Waals surface area contributed by atoms with Crippen molar-refractivity contribution in [1.82, 2.24) is 24.9 Å². The molecule has 0 radical (unpaired) electrons. The van der Waals surface area contributed by atoms with Gasteiger partial charge in [0.05, 0.1) is 30.2 Å². The van der Waals surface area contributed by atoms with Gasteiger partial charge in [0.25, 0.3) is 5.56 Å². The van der Waals surface area contributed by atoms with Crippen molar-refractivity contribution in [2.75, 3.05) is 18.5 Å². The van der Waals surface area contributed by atoms with Gasteiger partial charge in [-0.3, -0.25) is 9.78 Å². The fourth-order valence-electron chi connectivity index (χ4n) is 3.59. The van der Waals surface area contributed by atoms with E-state index in [0.717, 1.165) is 30.0 Å². The fraction of sp³-hybridized carbons (Fsp3) is 0.227. The van der Waals surface area contributed by atoms with Gasteiger partial charge in [-0.1, -0.05) is 23.7 Å². The number of aromatic nitrogens is 5. The molecule has 0 aliphatic carbocycles. The molecule has 1 aromatic carbocycles. The molecule has 3 aromatic heterocycles. The molecule has 2 N–H and O–H groups in total. The highest BCUT2D eigenvalue weighted by atomic mass is 35.5. The average molecular weight is 435 g/mol. The van der Waals surface area contributed by atoms with E-state index in [0.29, 0.717) is 39.7 Å². The second-order valence-electron chi connectivity index (χ2n) is 7.45. The van der Waals surface area contributed by atoms with Gasteiger partial charge in [-0.15, -0.1) is 0 Å². The van der Waals surface area contributed by atoms with Crippen LogP contribution in [0.5, 0.6) is 0 Å². The minimum Gasteiger partial charge on any atom is -0.379 e. The van der Waals surface area contributed by atoms with Crippen molar-refractivity contribution in [2.24, 2.45) is 0 Å². The molecule has 0 bridgehead atoms. The molecule has 1 unspecified atom stereocenters. The number of ether oxygens (including phenoxy) is 1. The molecule has 1 atom stereocenters. The predicted molar refractivity (Wildman–Crippen MR) is 119 cm³/mol. The lowest BCUT2D eigenvalue weighted by Crippen LogP contribution is -2.21. The normalized spacial score (nSPS) is 16.0. The van der Waals surface area contributed by atoms with Crippen molar-refractivity contribution in [3.05, 3.63) is 63.9 Å². The summed E-state index contributed by atoms with van der Waals surface area (Å²) in [6, 6.07) is 7.41. The first kappa shape index (κ1) is 19.6. The van der Waals surface area contributed by atoms with Crippen molar-refractivity contribution < 1.29 is 4.74 Å². The number of H-pyrrole nitrogens is 1. The van der Waals surface area contributed by atoms with Crippen LogP contribution in [0.25, 0.3) is 33.4 Å². The minimum absolute atomic E-state index is 0.179. The molecule has 1 aliphatic heterocycles. The molecule has 4 aromatic rings. The number of nitrogens with zero attached hydrogens (tertiary/aromatic N) is 4. The number of benzene rings is 1. The van der Waals surface area contributed by atoms with Crippen molar-refractivity contribution >= 4 is 28.6 Å². The maximum Gasteiger partial charge on any atom is 0.257 e. The van der Waals surface area contributed by atoms with Crippen LogP contribution in [0.1, 0.15) is 12.1 Å². The van der Waals surface area contributed by atoms with E-state index in [1.807, 2.05) is 19.1 Å². The molecule has 1 saturated heterocycles. The minimum atomic E-state index is -0.272. The van der Waals surface area contributed by atoms with Crippen LogP contribution in [0.3, 0.4) is 0 Å². The molecule has 1 fully saturated rings. The maximum atomic E-state index is 12.8. The number of fused-ring (bicyclic) bond motifs is 1. The van der Waals surface area contributed by atoms with E-state index in [4.69, 9.17) is 16.3 Å². The second-order valence-corrected chi connectivity index (χ2v) is 7.86. The number of aryl methyl sites for hydroxylation is 1. The second kappa shape index (κ2) is 8.05. The first-order valence-electron chi connectivity index (χ1n) is 9.90. The molecule has 1 aliphatic rings. The van der Waals surface area contributed by atoms with Crippen LogP contribution in [0.2, 0.25) is 5.02 Å². The van der Waals surface area contributed by atoms with Crippen molar-refractivity contribution in [3.8, 4) is 22.4 Å². The van der Waals surface area contributed by atoms with E-state index in [1.54, 1.807) is 30.7 Å². The standard InChI is InChI=1S/C22H19ClN6O2/c1-12-8-24-10-19(26-12)13-2-3-16(18(23)7-13)17-6-14-9-25-22(27-15-4-5-31-11-15)29-20(14)28-21(17)30/h2-3,6-10,15H,4-5,11H2,1H3,(H2,25,27,28,29,30). The van der Waals surface area contributed by atoms with E-state index in [9.17, 15) is 4.79 Å². The number of hydrogen-bond donors (Lipinski definition) is 2. The number of aromatic amines is 1. The highest BCUT2D eigenvalue weighted by Gasteiger charge is 2.17. The highest BCUT2D eigenvalue weighted by molar-refractivity contribution is 6.33. The average Bonchev–Trinajstić information content (AvgIpc) is 3.26. The zero-order chi connectivity index (χ0) is 21.4. The van der Waals surface area contributed by atoms with Crippen LogP contribution in [0.4, 0.5) is 5.95 Å².